The fraction of sp³-hybridized carbons (Fsp3) is 0.136. The molecule has 0 aliphatic carbocycles. The second kappa shape index (κ2) is 9.07. The summed E-state index contributed by atoms with van der Waals surface area (Å²) in [6, 6.07) is 12.2. The van der Waals surface area contributed by atoms with Gasteiger partial charge in [0.1, 0.15) is 4.32 Å². The zero-order chi connectivity index (χ0) is 21.0. The third-order valence-electron chi connectivity index (χ3n) is 4.16. The van der Waals surface area contributed by atoms with Gasteiger partial charge in [-0.15, -0.1) is 6.58 Å². The van der Waals surface area contributed by atoms with Crippen LogP contribution in [-0.4, -0.2) is 34.8 Å². The monoisotopic (exact) mass is 425 g/mol. The molecule has 0 spiro atoms. The highest BCUT2D eigenvalue weighted by atomic mass is 32.2. The molecule has 0 N–H and O–H groups in total. The van der Waals surface area contributed by atoms with Crippen LogP contribution in [0.1, 0.15) is 21.5 Å². The Labute approximate surface area is 179 Å². The van der Waals surface area contributed by atoms with Crippen LogP contribution >= 0.6 is 24.0 Å². The first-order valence-corrected chi connectivity index (χ1v) is 9.98. The summed E-state index contributed by atoms with van der Waals surface area (Å²) < 4.78 is 11.3. The molecule has 1 aliphatic rings. The van der Waals surface area contributed by atoms with Gasteiger partial charge in [-0.05, 0) is 42.8 Å². The molecule has 1 heterocycles. The number of nitrogens with zero attached hydrogens (tertiary/aromatic N) is 1. The summed E-state index contributed by atoms with van der Waals surface area (Å²) in [5.74, 6) is 0.0295. The molecule has 0 atom stereocenters. The van der Waals surface area contributed by atoms with Gasteiger partial charge in [-0.3, -0.25) is 9.69 Å². The average Bonchev–Trinajstić information content (AvgIpc) is 2.96. The van der Waals surface area contributed by atoms with Gasteiger partial charge in [0.25, 0.3) is 5.91 Å². The SMILES string of the molecule is C=CCN1C(=O)C(=Cc2ccc(OC)c(OC(=O)c3ccc(C)cc3)c2)SC1=S. The van der Waals surface area contributed by atoms with Crippen LogP contribution in [0.15, 0.2) is 60.0 Å². The van der Waals surface area contributed by atoms with E-state index in [9.17, 15) is 9.59 Å². The van der Waals surface area contributed by atoms with E-state index >= 15 is 0 Å². The van der Waals surface area contributed by atoms with Crippen molar-refractivity contribution >= 4 is 46.3 Å². The number of thioether (sulfide) groups is 1. The number of ether oxygens (including phenoxy) is 2. The Hall–Kier alpha value is -2.90. The van der Waals surface area contributed by atoms with Crippen LogP contribution in [0.25, 0.3) is 6.08 Å². The van der Waals surface area contributed by atoms with Crippen LogP contribution in [-0.2, 0) is 4.79 Å². The number of amides is 1. The number of hydrogen-bond donors (Lipinski definition) is 0. The molecular weight excluding hydrogens is 406 g/mol. The normalized spacial score (nSPS) is 15.0. The number of carbonyl (C=O) groups excluding carboxylic acids is 2. The molecule has 5 nitrogen and oxygen atoms in total. The first-order chi connectivity index (χ1) is 13.9. The van der Waals surface area contributed by atoms with Crippen molar-refractivity contribution in [3.8, 4) is 11.5 Å². The Bertz CT molecular complexity index is 1010. The average molecular weight is 426 g/mol. The van der Waals surface area contributed by atoms with Crippen molar-refractivity contribution in [3.63, 3.8) is 0 Å². The summed E-state index contributed by atoms with van der Waals surface area (Å²) >= 11 is 6.48. The Morgan fingerprint density at radius 3 is 2.59 bits per heavy atom. The van der Waals surface area contributed by atoms with E-state index in [0.29, 0.717) is 32.6 Å². The van der Waals surface area contributed by atoms with Crippen molar-refractivity contribution < 1.29 is 19.1 Å². The molecule has 0 unspecified atom stereocenters. The lowest BCUT2D eigenvalue weighted by Crippen LogP contribution is -2.27. The van der Waals surface area contributed by atoms with Crippen molar-refractivity contribution in [3.05, 3.63) is 76.7 Å². The minimum atomic E-state index is -0.488. The van der Waals surface area contributed by atoms with Crippen molar-refractivity contribution in [1.82, 2.24) is 4.90 Å². The summed E-state index contributed by atoms with van der Waals surface area (Å²) in [4.78, 5) is 27.0. The molecule has 0 radical (unpaired) electrons. The van der Waals surface area contributed by atoms with Crippen molar-refractivity contribution in [2.45, 2.75) is 6.92 Å². The van der Waals surface area contributed by atoms with Crippen LogP contribution in [0, 0.1) is 6.92 Å². The molecule has 1 aliphatic heterocycles. The van der Waals surface area contributed by atoms with Crippen LogP contribution < -0.4 is 9.47 Å². The van der Waals surface area contributed by atoms with Crippen LogP contribution in [0.4, 0.5) is 0 Å². The van der Waals surface area contributed by atoms with Crippen molar-refractivity contribution in [2.75, 3.05) is 13.7 Å². The predicted octanol–water partition coefficient (Wildman–Crippen LogP) is 4.61. The first-order valence-electron chi connectivity index (χ1n) is 8.76. The topological polar surface area (TPSA) is 55.8 Å². The Morgan fingerprint density at radius 1 is 1.21 bits per heavy atom. The van der Waals surface area contributed by atoms with Crippen LogP contribution in [0.5, 0.6) is 11.5 Å². The van der Waals surface area contributed by atoms with Gasteiger partial charge in [0.2, 0.25) is 0 Å². The fourth-order valence-electron chi connectivity index (χ4n) is 2.65. The number of rotatable bonds is 6. The molecule has 2 aromatic carbocycles. The van der Waals surface area contributed by atoms with E-state index in [-0.39, 0.29) is 11.7 Å². The Balaban J connectivity index is 1.86. The van der Waals surface area contributed by atoms with Gasteiger partial charge in [-0.1, -0.05) is 53.8 Å². The number of benzene rings is 2. The van der Waals surface area contributed by atoms with E-state index in [1.54, 1.807) is 42.5 Å². The van der Waals surface area contributed by atoms with E-state index in [4.69, 9.17) is 21.7 Å². The highest BCUT2D eigenvalue weighted by Crippen LogP contribution is 2.35. The molecule has 1 amide bonds. The first kappa shape index (κ1) is 20.8. The van der Waals surface area contributed by atoms with E-state index < -0.39 is 5.97 Å². The second-order valence-corrected chi connectivity index (χ2v) is 7.92. The number of aryl methyl sites for hydroxylation is 1. The minimum Gasteiger partial charge on any atom is -0.493 e. The lowest BCUT2D eigenvalue weighted by Gasteiger charge is -2.11. The minimum absolute atomic E-state index is 0.172. The largest absolute Gasteiger partial charge is 0.493 e. The fourth-order valence-corrected chi connectivity index (χ4v) is 3.92. The van der Waals surface area contributed by atoms with Gasteiger partial charge in [-0.25, -0.2) is 4.79 Å². The van der Waals surface area contributed by atoms with Crippen molar-refractivity contribution in [1.29, 1.82) is 0 Å². The molecule has 1 saturated heterocycles. The predicted molar refractivity (Wildman–Crippen MR) is 119 cm³/mol. The molecule has 0 aromatic heterocycles. The van der Waals surface area contributed by atoms with E-state index in [1.807, 2.05) is 19.1 Å². The van der Waals surface area contributed by atoms with E-state index in [1.165, 1.54) is 23.8 Å². The Kier molecular flexibility index (Phi) is 6.51. The van der Waals surface area contributed by atoms with Gasteiger partial charge >= 0.3 is 5.97 Å². The molecule has 29 heavy (non-hydrogen) atoms. The van der Waals surface area contributed by atoms with Gasteiger partial charge in [0, 0.05) is 6.54 Å². The third-order valence-corrected chi connectivity index (χ3v) is 5.54. The summed E-state index contributed by atoms with van der Waals surface area (Å²) in [5, 5.41) is 0. The molecule has 148 valence electrons. The molecule has 2 aromatic rings. The van der Waals surface area contributed by atoms with Gasteiger partial charge in [0.15, 0.2) is 11.5 Å². The highest BCUT2D eigenvalue weighted by molar-refractivity contribution is 8.26. The summed E-state index contributed by atoms with van der Waals surface area (Å²) in [7, 11) is 1.50. The molecule has 7 heteroatoms. The number of thiocarbonyl (C=S) groups is 1. The number of esters is 1. The van der Waals surface area contributed by atoms with E-state index in [0.717, 1.165) is 5.56 Å². The van der Waals surface area contributed by atoms with Gasteiger partial charge < -0.3 is 9.47 Å². The summed E-state index contributed by atoms with van der Waals surface area (Å²) in [6.07, 6.45) is 3.34. The molecule has 0 saturated carbocycles. The zero-order valence-electron chi connectivity index (χ0n) is 16.0. The van der Waals surface area contributed by atoms with Crippen LogP contribution in [0.3, 0.4) is 0 Å². The second-order valence-electron chi connectivity index (χ2n) is 6.25. The molecule has 0 bridgehead atoms. The molecular formula is C22H19NO4S2. The lowest BCUT2D eigenvalue weighted by molar-refractivity contribution is -0.121. The number of hydrogen-bond acceptors (Lipinski definition) is 6. The summed E-state index contributed by atoms with van der Waals surface area (Å²) in [5.41, 5.74) is 2.18. The van der Waals surface area contributed by atoms with Crippen LogP contribution in [0.2, 0.25) is 0 Å². The number of carbonyl (C=O) groups is 2. The number of methoxy groups -OCH3 is 1. The lowest BCUT2D eigenvalue weighted by atomic mass is 10.1. The molecule has 1 fully saturated rings. The van der Waals surface area contributed by atoms with E-state index in [2.05, 4.69) is 6.58 Å². The quantitative estimate of drug-likeness (QED) is 0.221. The zero-order valence-corrected chi connectivity index (χ0v) is 17.6. The highest BCUT2D eigenvalue weighted by Gasteiger charge is 2.31. The standard InChI is InChI=1S/C22H19NO4S2/c1-4-11-23-20(24)19(29-22(23)28)13-15-7-10-17(26-3)18(12-15)27-21(25)16-8-5-14(2)6-9-16/h4-10,12-13H,1,11H2,2-3H3. The maximum absolute atomic E-state index is 12.5. The maximum atomic E-state index is 12.5. The van der Waals surface area contributed by atoms with Crippen molar-refractivity contribution in [2.24, 2.45) is 0 Å². The maximum Gasteiger partial charge on any atom is 0.343 e. The Morgan fingerprint density at radius 2 is 1.93 bits per heavy atom. The smallest absolute Gasteiger partial charge is 0.343 e. The third kappa shape index (κ3) is 4.75. The summed E-state index contributed by atoms with van der Waals surface area (Å²) in [6.45, 7) is 5.95. The van der Waals surface area contributed by atoms with Gasteiger partial charge in [-0.2, -0.15) is 0 Å². The molecule has 3 rings (SSSR count). The van der Waals surface area contributed by atoms with Gasteiger partial charge in [0.05, 0.1) is 17.6 Å².